The smallest absolute Gasteiger partial charge is 0.0931 e. The Morgan fingerprint density at radius 3 is 3.06 bits per heavy atom. The van der Waals surface area contributed by atoms with E-state index in [4.69, 9.17) is 0 Å². The molecule has 2 aromatic rings. The fourth-order valence-electron chi connectivity index (χ4n) is 1.71. The summed E-state index contributed by atoms with van der Waals surface area (Å²) in [6.07, 6.45) is 2.79. The van der Waals surface area contributed by atoms with Gasteiger partial charge in [0.1, 0.15) is 0 Å². The lowest BCUT2D eigenvalue weighted by atomic mass is 10.1. The van der Waals surface area contributed by atoms with Crippen molar-refractivity contribution >= 4 is 11.0 Å². The van der Waals surface area contributed by atoms with Crippen LogP contribution in [0, 0.1) is 0 Å². The van der Waals surface area contributed by atoms with Crippen LogP contribution in [-0.2, 0) is 6.42 Å². The first kappa shape index (κ1) is 11.1. The van der Waals surface area contributed by atoms with Crippen LogP contribution in [0.5, 0.6) is 0 Å². The molecule has 0 bridgehead atoms. The van der Waals surface area contributed by atoms with E-state index in [0.29, 0.717) is 0 Å². The molecule has 1 aromatic heterocycles. The number of aromatic amines is 1. The minimum absolute atomic E-state index is 1.01. The second-order valence-electron chi connectivity index (χ2n) is 3.86. The molecule has 0 saturated carbocycles. The predicted octanol–water partition coefficient (Wildman–Crippen LogP) is 0.914. The van der Waals surface area contributed by atoms with E-state index in [0.717, 1.165) is 37.1 Å². The van der Waals surface area contributed by atoms with Crippen LogP contribution in [0.1, 0.15) is 5.56 Å². The maximum Gasteiger partial charge on any atom is 0.0931 e. The summed E-state index contributed by atoms with van der Waals surface area (Å²) in [5, 5.41) is 6.50. The van der Waals surface area contributed by atoms with E-state index in [-0.39, 0.29) is 0 Å². The number of aromatic nitrogens is 2. The van der Waals surface area contributed by atoms with Gasteiger partial charge in [0.25, 0.3) is 0 Å². The number of hydrogen-bond donors (Lipinski definition) is 3. The van der Waals surface area contributed by atoms with Gasteiger partial charge >= 0.3 is 0 Å². The molecule has 0 spiro atoms. The fraction of sp³-hybridized carbons (Fsp3) is 0.417. The van der Waals surface area contributed by atoms with Gasteiger partial charge in [-0.3, -0.25) is 0 Å². The molecule has 0 saturated heterocycles. The van der Waals surface area contributed by atoms with E-state index < -0.39 is 0 Å². The Kier molecular flexibility index (Phi) is 3.91. The van der Waals surface area contributed by atoms with Gasteiger partial charge in [0.2, 0.25) is 0 Å². The van der Waals surface area contributed by atoms with Crippen molar-refractivity contribution in [3.8, 4) is 0 Å². The summed E-state index contributed by atoms with van der Waals surface area (Å²) in [5.41, 5.74) is 3.49. The maximum atomic E-state index is 4.20. The molecule has 0 aliphatic carbocycles. The molecule has 16 heavy (non-hydrogen) atoms. The summed E-state index contributed by atoms with van der Waals surface area (Å²) >= 11 is 0. The summed E-state index contributed by atoms with van der Waals surface area (Å²) in [5.74, 6) is 0. The Labute approximate surface area is 95.5 Å². The first-order chi connectivity index (χ1) is 7.90. The second kappa shape index (κ2) is 5.63. The summed E-state index contributed by atoms with van der Waals surface area (Å²) in [6.45, 7) is 3.05. The highest BCUT2D eigenvalue weighted by Crippen LogP contribution is 2.11. The number of likely N-dealkylation sites (N-methyl/N-ethyl adjacent to an activating group) is 1. The molecule has 1 aromatic carbocycles. The van der Waals surface area contributed by atoms with E-state index in [1.165, 1.54) is 5.56 Å². The minimum Gasteiger partial charge on any atom is -0.345 e. The average molecular weight is 218 g/mol. The third-order valence-corrected chi connectivity index (χ3v) is 2.63. The lowest BCUT2D eigenvalue weighted by Crippen LogP contribution is -2.26. The zero-order chi connectivity index (χ0) is 11.2. The third-order valence-electron chi connectivity index (χ3n) is 2.63. The molecule has 1 heterocycles. The van der Waals surface area contributed by atoms with Crippen LogP contribution in [0.25, 0.3) is 11.0 Å². The molecule has 0 fully saturated rings. The van der Waals surface area contributed by atoms with Crippen molar-refractivity contribution in [3.63, 3.8) is 0 Å². The number of nitrogens with one attached hydrogen (secondary N) is 3. The van der Waals surface area contributed by atoms with Crippen LogP contribution in [0.3, 0.4) is 0 Å². The van der Waals surface area contributed by atoms with E-state index in [9.17, 15) is 0 Å². The van der Waals surface area contributed by atoms with Crippen molar-refractivity contribution in [3.05, 3.63) is 30.1 Å². The zero-order valence-corrected chi connectivity index (χ0v) is 9.59. The lowest BCUT2D eigenvalue weighted by molar-refractivity contribution is 0.649. The first-order valence-corrected chi connectivity index (χ1v) is 5.67. The summed E-state index contributed by atoms with van der Waals surface area (Å²) in [6, 6.07) is 6.37. The van der Waals surface area contributed by atoms with Crippen LogP contribution >= 0.6 is 0 Å². The van der Waals surface area contributed by atoms with Gasteiger partial charge in [-0.2, -0.15) is 0 Å². The predicted molar refractivity (Wildman–Crippen MR) is 66.6 cm³/mol. The molecule has 0 radical (unpaired) electrons. The van der Waals surface area contributed by atoms with Gasteiger partial charge in [-0.15, -0.1) is 0 Å². The number of nitrogens with zero attached hydrogens (tertiary/aromatic N) is 1. The van der Waals surface area contributed by atoms with Crippen molar-refractivity contribution in [1.82, 2.24) is 20.6 Å². The van der Waals surface area contributed by atoms with Crippen molar-refractivity contribution in [2.24, 2.45) is 0 Å². The van der Waals surface area contributed by atoms with Gasteiger partial charge in [0, 0.05) is 13.1 Å². The van der Waals surface area contributed by atoms with Crippen LogP contribution < -0.4 is 10.6 Å². The lowest BCUT2D eigenvalue weighted by Gasteiger charge is -2.04. The molecule has 86 valence electrons. The molecule has 0 atom stereocenters. The number of imidazole rings is 1. The average Bonchev–Trinajstić information content (AvgIpc) is 2.76. The van der Waals surface area contributed by atoms with Gasteiger partial charge in [0.05, 0.1) is 17.4 Å². The normalized spacial score (nSPS) is 11.1. The fourth-order valence-corrected chi connectivity index (χ4v) is 1.71. The van der Waals surface area contributed by atoms with Crippen molar-refractivity contribution < 1.29 is 0 Å². The Balaban J connectivity index is 1.84. The van der Waals surface area contributed by atoms with Crippen LogP contribution in [0.15, 0.2) is 24.5 Å². The number of hydrogen-bond acceptors (Lipinski definition) is 3. The Morgan fingerprint density at radius 2 is 2.19 bits per heavy atom. The SMILES string of the molecule is CNCCNCCc1ccc2nc[nH]c2c1. The molecule has 0 aliphatic rings. The van der Waals surface area contributed by atoms with E-state index >= 15 is 0 Å². The standard InChI is InChI=1S/C12H18N4/c1-13-6-7-14-5-4-10-2-3-11-12(8-10)16-9-15-11/h2-3,8-9,13-14H,4-7H2,1H3,(H,15,16). The largest absolute Gasteiger partial charge is 0.345 e. The molecular weight excluding hydrogens is 200 g/mol. The molecular formula is C12H18N4. The van der Waals surface area contributed by atoms with Gasteiger partial charge in [0.15, 0.2) is 0 Å². The Morgan fingerprint density at radius 1 is 1.25 bits per heavy atom. The highest BCUT2D eigenvalue weighted by Gasteiger charge is 1.97. The maximum absolute atomic E-state index is 4.20. The van der Waals surface area contributed by atoms with E-state index in [2.05, 4.69) is 38.8 Å². The Bertz CT molecular complexity index is 435. The topological polar surface area (TPSA) is 52.7 Å². The highest BCUT2D eigenvalue weighted by atomic mass is 14.9. The second-order valence-corrected chi connectivity index (χ2v) is 3.86. The number of fused-ring (bicyclic) bond motifs is 1. The van der Waals surface area contributed by atoms with Gasteiger partial charge in [-0.05, 0) is 37.7 Å². The summed E-state index contributed by atoms with van der Waals surface area (Å²) < 4.78 is 0. The van der Waals surface area contributed by atoms with Crippen molar-refractivity contribution in [2.75, 3.05) is 26.7 Å². The van der Waals surface area contributed by atoms with Crippen LogP contribution in [0.2, 0.25) is 0 Å². The van der Waals surface area contributed by atoms with Gasteiger partial charge in [-0.25, -0.2) is 4.98 Å². The summed E-state index contributed by atoms with van der Waals surface area (Å²) in [4.78, 5) is 7.33. The van der Waals surface area contributed by atoms with E-state index in [1.54, 1.807) is 6.33 Å². The van der Waals surface area contributed by atoms with E-state index in [1.807, 2.05) is 7.05 Å². The van der Waals surface area contributed by atoms with Crippen LogP contribution in [-0.4, -0.2) is 36.6 Å². The number of H-pyrrole nitrogens is 1. The molecule has 4 nitrogen and oxygen atoms in total. The minimum atomic E-state index is 1.01. The third kappa shape index (κ3) is 2.81. The molecule has 0 unspecified atom stereocenters. The van der Waals surface area contributed by atoms with Gasteiger partial charge < -0.3 is 15.6 Å². The zero-order valence-electron chi connectivity index (χ0n) is 9.59. The molecule has 0 aliphatic heterocycles. The number of rotatable bonds is 6. The monoisotopic (exact) mass is 218 g/mol. The first-order valence-electron chi connectivity index (χ1n) is 5.67. The van der Waals surface area contributed by atoms with Crippen LogP contribution in [0.4, 0.5) is 0 Å². The molecule has 2 rings (SSSR count). The van der Waals surface area contributed by atoms with Crippen molar-refractivity contribution in [2.45, 2.75) is 6.42 Å². The molecule has 3 N–H and O–H groups in total. The van der Waals surface area contributed by atoms with Gasteiger partial charge in [-0.1, -0.05) is 6.07 Å². The number of benzene rings is 1. The quantitative estimate of drug-likeness (QED) is 0.632. The summed E-state index contributed by atoms with van der Waals surface area (Å²) in [7, 11) is 1.97. The van der Waals surface area contributed by atoms with Crippen molar-refractivity contribution in [1.29, 1.82) is 0 Å². The Hall–Kier alpha value is -1.39. The highest BCUT2D eigenvalue weighted by molar-refractivity contribution is 5.74. The molecule has 4 heteroatoms. The molecule has 0 amide bonds.